The van der Waals surface area contributed by atoms with Gasteiger partial charge in [0.1, 0.15) is 10.0 Å². The Labute approximate surface area is 96.6 Å². The summed E-state index contributed by atoms with van der Waals surface area (Å²) in [5, 5.41) is 18.4. The van der Waals surface area contributed by atoms with Gasteiger partial charge < -0.3 is 5.11 Å². The van der Waals surface area contributed by atoms with Crippen LogP contribution in [0.15, 0.2) is 24.3 Å². The summed E-state index contributed by atoms with van der Waals surface area (Å²) < 4.78 is 0. The third-order valence-electron chi connectivity index (χ3n) is 2.06. The second-order valence-corrected chi connectivity index (χ2v) is 4.58. The Morgan fingerprint density at radius 1 is 1.44 bits per heavy atom. The van der Waals surface area contributed by atoms with Crippen molar-refractivity contribution in [1.29, 1.82) is 0 Å². The molecule has 0 saturated carbocycles. The van der Waals surface area contributed by atoms with Crippen molar-refractivity contribution in [3.05, 3.63) is 34.8 Å². The van der Waals surface area contributed by atoms with Crippen molar-refractivity contribution in [3.63, 3.8) is 0 Å². The summed E-state index contributed by atoms with van der Waals surface area (Å²) in [7, 11) is 0. The van der Waals surface area contributed by atoms with Gasteiger partial charge in [-0.2, -0.15) is 0 Å². The first-order valence-electron chi connectivity index (χ1n) is 4.76. The largest absolute Gasteiger partial charge is 0.481 e. The number of carboxylic acids is 1. The highest BCUT2D eigenvalue weighted by molar-refractivity contribution is 7.14. The predicted molar refractivity (Wildman–Crippen MR) is 61.4 cm³/mol. The number of hydrogen-bond donors (Lipinski definition) is 1. The van der Waals surface area contributed by atoms with Gasteiger partial charge in [0.15, 0.2) is 0 Å². The van der Waals surface area contributed by atoms with E-state index in [1.165, 1.54) is 11.3 Å². The van der Waals surface area contributed by atoms with Crippen LogP contribution in [0.5, 0.6) is 0 Å². The monoisotopic (exact) mass is 234 g/mol. The molecule has 0 bridgehead atoms. The first-order chi connectivity index (χ1) is 7.65. The van der Waals surface area contributed by atoms with E-state index in [2.05, 4.69) is 10.2 Å². The SMILES string of the molecule is Cc1nnc(-c2cccc(CC(=O)O)c2)s1. The van der Waals surface area contributed by atoms with E-state index in [9.17, 15) is 4.79 Å². The van der Waals surface area contributed by atoms with E-state index >= 15 is 0 Å². The van der Waals surface area contributed by atoms with E-state index in [1.807, 2.05) is 25.1 Å². The van der Waals surface area contributed by atoms with E-state index in [-0.39, 0.29) is 6.42 Å². The zero-order valence-corrected chi connectivity index (χ0v) is 9.49. The topological polar surface area (TPSA) is 63.1 Å². The van der Waals surface area contributed by atoms with Gasteiger partial charge in [-0.1, -0.05) is 29.5 Å². The zero-order valence-electron chi connectivity index (χ0n) is 8.67. The molecule has 82 valence electrons. The molecule has 1 aromatic carbocycles. The van der Waals surface area contributed by atoms with E-state index < -0.39 is 5.97 Å². The fourth-order valence-corrected chi connectivity index (χ4v) is 2.09. The maximum Gasteiger partial charge on any atom is 0.307 e. The van der Waals surface area contributed by atoms with Crippen LogP contribution in [0, 0.1) is 6.92 Å². The highest BCUT2D eigenvalue weighted by Crippen LogP contribution is 2.23. The Kier molecular flexibility index (Phi) is 2.96. The van der Waals surface area contributed by atoms with Gasteiger partial charge in [-0.25, -0.2) is 0 Å². The van der Waals surface area contributed by atoms with Crippen LogP contribution in [0.1, 0.15) is 10.6 Å². The molecule has 16 heavy (non-hydrogen) atoms. The van der Waals surface area contributed by atoms with Crippen LogP contribution in [0.25, 0.3) is 10.6 Å². The smallest absolute Gasteiger partial charge is 0.307 e. The van der Waals surface area contributed by atoms with E-state index in [0.29, 0.717) is 0 Å². The Morgan fingerprint density at radius 3 is 2.88 bits per heavy atom. The molecule has 1 aromatic heterocycles. The molecule has 1 N–H and O–H groups in total. The minimum absolute atomic E-state index is 0.0334. The molecule has 0 atom stereocenters. The van der Waals surface area contributed by atoms with E-state index in [4.69, 9.17) is 5.11 Å². The second kappa shape index (κ2) is 4.40. The fourth-order valence-electron chi connectivity index (χ4n) is 1.40. The van der Waals surface area contributed by atoms with Gasteiger partial charge in [0.25, 0.3) is 0 Å². The number of carbonyl (C=O) groups is 1. The number of aromatic nitrogens is 2. The summed E-state index contributed by atoms with van der Waals surface area (Å²) in [6.45, 7) is 1.89. The van der Waals surface area contributed by atoms with Gasteiger partial charge in [0.2, 0.25) is 0 Å². The molecule has 0 aliphatic heterocycles. The van der Waals surface area contributed by atoms with Crippen molar-refractivity contribution < 1.29 is 9.90 Å². The normalized spacial score (nSPS) is 10.3. The van der Waals surface area contributed by atoms with Crippen LogP contribution in [-0.2, 0) is 11.2 Å². The van der Waals surface area contributed by atoms with Gasteiger partial charge in [-0.05, 0) is 18.6 Å². The summed E-state index contributed by atoms with van der Waals surface area (Å²) in [5.74, 6) is -0.828. The maximum atomic E-state index is 10.6. The lowest BCUT2D eigenvalue weighted by Crippen LogP contribution is -1.99. The minimum atomic E-state index is -0.828. The number of aliphatic carboxylic acids is 1. The van der Waals surface area contributed by atoms with Crippen molar-refractivity contribution in [3.8, 4) is 10.6 Å². The Morgan fingerprint density at radius 2 is 2.25 bits per heavy atom. The molecular weight excluding hydrogens is 224 g/mol. The van der Waals surface area contributed by atoms with Gasteiger partial charge in [0.05, 0.1) is 6.42 Å². The minimum Gasteiger partial charge on any atom is -0.481 e. The van der Waals surface area contributed by atoms with Crippen LogP contribution in [-0.4, -0.2) is 21.3 Å². The second-order valence-electron chi connectivity index (χ2n) is 3.40. The molecule has 0 saturated heterocycles. The van der Waals surface area contributed by atoms with Crippen LogP contribution in [0.2, 0.25) is 0 Å². The first kappa shape index (κ1) is 10.8. The van der Waals surface area contributed by atoms with Crippen molar-refractivity contribution in [1.82, 2.24) is 10.2 Å². The van der Waals surface area contributed by atoms with Gasteiger partial charge in [-0.15, -0.1) is 10.2 Å². The number of aryl methyl sites for hydroxylation is 1. The van der Waals surface area contributed by atoms with Crippen LogP contribution < -0.4 is 0 Å². The summed E-state index contributed by atoms with van der Waals surface area (Å²) >= 11 is 1.50. The maximum absolute atomic E-state index is 10.6. The average molecular weight is 234 g/mol. The molecule has 0 aliphatic rings. The molecule has 0 fully saturated rings. The molecular formula is C11H10N2O2S. The molecule has 2 aromatic rings. The molecule has 0 aliphatic carbocycles. The van der Waals surface area contributed by atoms with Crippen molar-refractivity contribution >= 4 is 17.3 Å². The van der Waals surface area contributed by atoms with Crippen molar-refractivity contribution in [2.45, 2.75) is 13.3 Å². The molecule has 0 spiro atoms. The quantitative estimate of drug-likeness (QED) is 0.883. The number of hydrogen-bond acceptors (Lipinski definition) is 4. The number of rotatable bonds is 3. The van der Waals surface area contributed by atoms with Crippen molar-refractivity contribution in [2.75, 3.05) is 0 Å². The number of nitrogens with zero attached hydrogens (tertiary/aromatic N) is 2. The molecule has 1 heterocycles. The van der Waals surface area contributed by atoms with Crippen molar-refractivity contribution in [2.24, 2.45) is 0 Å². The lowest BCUT2D eigenvalue weighted by molar-refractivity contribution is -0.136. The molecule has 4 nitrogen and oxygen atoms in total. The molecule has 0 unspecified atom stereocenters. The van der Waals surface area contributed by atoms with Gasteiger partial charge in [0, 0.05) is 5.56 Å². The summed E-state index contributed by atoms with van der Waals surface area (Å²) in [5.41, 5.74) is 1.70. The Balaban J connectivity index is 2.32. The summed E-state index contributed by atoms with van der Waals surface area (Å²) in [6, 6.07) is 7.38. The highest BCUT2D eigenvalue weighted by atomic mass is 32.1. The third kappa shape index (κ3) is 2.43. The van der Waals surface area contributed by atoms with E-state index in [0.717, 1.165) is 21.1 Å². The molecule has 5 heteroatoms. The first-order valence-corrected chi connectivity index (χ1v) is 5.58. The predicted octanol–water partition coefficient (Wildman–Crippen LogP) is 2.14. The fraction of sp³-hybridized carbons (Fsp3) is 0.182. The standard InChI is InChI=1S/C11H10N2O2S/c1-7-12-13-11(16-7)9-4-2-3-8(5-9)6-10(14)15/h2-5H,6H2,1H3,(H,14,15). The summed E-state index contributed by atoms with van der Waals surface area (Å²) in [4.78, 5) is 10.6. The lowest BCUT2D eigenvalue weighted by Gasteiger charge is -1.99. The number of benzene rings is 1. The highest BCUT2D eigenvalue weighted by Gasteiger charge is 2.06. The van der Waals surface area contributed by atoms with Crippen LogP contribution in [0.3, 0.4) is 0 Å². The van der Waals surface area contributed by atoms with Gasteiger partial charge >= 0.3 is 5.97 Å². The molecule has 2 rings (SSSR count). The third-order valence-corrected chi connectivity index (χ3v) is 2.94. The van der Waals surface area contributed by atoms with Crippen LogP contribution in [0.4, 0.5) is 0 Å². The lowest BCUT2D eigenvalue weighted by atomic mass is 10.1. The molecule has 0 amide bonds. The molecule has 0 radical (unpaired) electrons. The van der Waals surface area contributed by atoms with Crippen LogP contribution >= 0.6 is 11.3 Å². The zero-order chi connectivity index (χ0) is 11.5. The van der Waals surface area contributed by atoms with E-state index in [1.54, 1.807) is 6.07 Å². The number of carboxylic acid groups (broad SMARTS) is 1. The average Bonchev–Trinajstić information content (AvgIpc) is 2.64. The summed E-state index contributed by atoms with van der Waals surface area (Å²) in [6.07, 6.45) is 0.0334. The Hall–Kier alpha value is -1.75. The van der Waals surface area contributed by atoms with Gasteiger partial charge in [-0.3, -0.25) is 4.79 Å². The Bertz CT molecular complexity index is 522.